The summed E-state index contributed by atoms with van der Waals surface area (Å²) in [5.74, 6) is -0.360. The van der Waals surface area contributed by atoms with Crippen molar-refractivity contribution >= 4 is 42.6 Å². The Balaban J connectivity index is 1.54. The van der Waals surface area contributed by atoms with Crippen molar-refractivity contribution in [3.8, 4) is 16.9 Å². The number of ether oxygens (including phenoxy) is 1. The van der Waals surface area contributed by atoms with Crippen LogP contribution in [0, 0.1) is 5.82 Å². The zero-order chi connectivity index (χ0) is 29.5. The molecule has 1 saturated heterocycles. The molecule has 220 valence electrons. The van der Waals surface area contributed by atoms with Crippen molar-refractivity contribution in [2.24, 2.45) is 0 Å². The van der Waals surface area contributed by atoms with Crippen molar-refractivity contribution in [2.75, 3.05) is 18.5 Å². The van der Waals surface area contributed by atoms with E-state index in [2.05, 4.69) is 54.6 Å². The molecule has 1 aromatic carbocycles. The number of carbonyl (C=O) groups is 1. The van der Waals surface area contributed by atoms with Gasteiger partial charge in [-0.15, -0.1) is 5.10 Å². The average molecular weight is 604 g/mol. The van der Waals surface area contributed by atoms with Gasteiger partial charge >= 0.3 is 6.09 Å². The first-order chi connectivity index (χ1) is 19.4. The van der Waals surface area contributed by atoms with E-state index in [1.54, 1.807) is 28.0 Å². The van der Waals surface area contributed by atoms with Crippen molar-refractivity contribution in [3.63, 3.8) is 0 Å². The van der Waals surface area contributed by atoms with E-state index < -0.39 is 20.2 Å². The Morgan fingerprint density at radius 3 is 2.76 bits per heavy atom. The van der Waals surface area contributed by atoms with Gasteiger partial charge in [0.15, 0.2) is 20.0 Å². The standard InChI is InChI=1S/C27H35ClFN7O4Si/c1-27(2,3)41(4,5)40-11-9-34-16-21(32-33-34)35-15-18(17-13-30-36(14-17)22-8-6-7-10-39-22)23-20(31-26(37)38)12-19(28)24(29)25(23)35/h12-16,22,31H,6-11H2,1-5H3,(H,37,38). The molecule has 0 saturated carbocycles. The molecule has 1 amide bonds. The van der Waals surface area contributed by atoms with Crippen LogP contribution in [0.5, 0.6) is 0 Å². The Labute approximate surface area is 243 Å². The summed E-state index contributed by atoms with van der Waals surface area (Å²) in [6.45, 7) is 12.5. The number of anilines is 1. The van der Waals surface area contributed by atoms with Crippen LogP contribution < -0.4 is 5.32 Å². The highest BCUT2D eigenvalue weighted by molar-refractivity contribution is 6.74. The van der Waals surface area contributed by atoms with Crippen LogP contribution in [0.4, 0.5) is 14.9 Å². The molecule has 2 N–H and O–H groups in total. The summed E-state index contributed by atoms with van der Waals surface area (Å²) in [4.78, 5) is 11.7. The summed E-state index contributed by atoms with van der Waals surface area (Å²) in [7, 11) is -1.93. The Hall–Kier alpha value is -3.26. The Morgan fingerprint density at radius 2 is 2.07 bits per heavy atom. The molecule has 1 aliphatic rings. The van der Waals surface area contributed by atoms with Crippen LogP contribution >= 0.6 is 11.6 Å². The Morgan fingerprint density at radius 1 is 1.29 bits per heavy atom. The van der Waals surface area contributed by atoms with Gasteiger partial charge in [-0.25, -0.2) is 18.5 Å². The van der Waals surface area contributed by atoms with Gasteiger partial charge in [0.05, 0.1) is 41.8 Å². The largest absolute Gasteiger partial charge is 0.465 e. The Kier molecular flexibility index (Phi) is 7.98. The van der Waals surface area contributed by atoms with E-state index >= 15 is 4.39 Å². The van der Waals surface area contributed by atoms with Gasteiger partial charge in [0.2, 0.25) is 0 Å². The molecule has 1 atom stereocenters. The molecule has 5 rings (SSSR count). The third-order valence-electron chi connectivity index (χ3n) is 7.93. The smallest absolute Gasteiger partial charge is 0.409 e. The minimum atomic E-state index is -1.93. The topological polar surface area (TPSA) is 121 Å². The predicted molar refractivity (Wildman–Crippen MR) is 157 cm³/mol. The summed E-state index contributed by atoms with van der Waals surface area (Å²) in [6, 6.07) is 1.27. The number of nitrogens with zero attached hydrogens (tertiary/aromatic N) is 6. The molecule has 0 aliphatic carbocycles. The quantitative estimate of drug-likeness (QED) is 0.215. The second-order valence-corrected chi connectivity index (χ2v) is 17.0. The van der Waals surface area contributed by atoms with Crippen molar-refractivity contribution in [1.82, 2.24) is 29.3 Å². The van der Waals surface area contributed by atoms with Gasteiger partial charge in [-0.1, -0.05) is 37.6 Å². The number of hydrogen-bond donors (Lipinski definition) is 2. The molecule has 0 radical (unpaired) electrons. The van der Waals surface area contributed by atoms with E-state index in [0.717, 1.165) is 19.3 Å². The Bertz CT molecular complexity index is 1570. The fourth-order valence-corrected chi connectivity index (χ4v) is 5.90. The predicted octanol–water partition coefficient (Wildman–Crippen LogP) is 6.69. The first-order valence-corrected chi connectivity index (χ1v) is 16.9. The van der Waals surface area contributed by atoms with Gasteiger partial charge < -0.3 is 14.3 Å². The highest BCUT2D eigenvalue weighted by atomic mass is 35.5. The number of hydrogen-bond acceptors (Lipinski definition) is 6. The number of halogens is 2. The molecule has 3 aromatic heterocycles. The summed E-state index contributed by atoms with van der Waals surface area (Å²) >= 11 is 6.24. The van der Waals surface area contributed by atoms with Crippen molar-refractivity contribution in [3.05, 3.63) is 41.7 Å². The molecule has 41 heavy (non-hydrogen) atoms. The monoisotopic (exact) mass is 603 g/mol. The van der Waals surface area contributed by atoms with Gasteiger partial charge in [0, 0.05) is 35.5 Å². The highest BCUT2D eigenvalue weighted by Crippen LogP contribution is 2.41. The summed E-state index contributed by atoms with van der Waals surface area (Å²) in [6.07, 6.45) is 8.25. The van der Waals surface area contributed by atoms with Gasteiger partial charge in [0.1, 0.15) is 6.23 Å². The van der Waals surface area contributed by atoms with E-state index in [1.165, 1.54) is 10.6 Å². The normalized spacial score (nSPS) is 16.4. The molecule has 1 aliphatic heterocycles. The SMILES string of the molecule is CC(C)(C)[Si](C)(C)OCCn1cc(-n2cc(-c3cnn(C4CCCCO4)c3)c3c(NC(=O)O)cc(Cl)c(F)c32)nn1. The minimum Gasteiger partial charge on any atom is -0.465 e. The molecule has 1 fully saturated rings. The van der Waals surface area contributed by atoms with E-state index in [9.17, 15) is 9.90 Å². The van der Waals surface area contributed by atoms with Crippen LogP contribution in [0.3, 0.4) is 0 Å². The van der Waals surface area contributed by atoms with Crippen LogP contribution in [-0.2, 0) is 15.7 Å². The van der Waals surface area contributed by atoms with E-state index in [-0.39, 0.29) is 27.5 Å². The maximum absolute atomic E-state index is 15.7. The lowest BCUT2D eigenvalue weighted by Gasteiger charge is -2.36. The van der Waals surface area contributed by atoms with Crippen LogP contribution in [0.1, 0.15) is 46.3 Å². The van der Waals surface area contributed by atoms with Crippen molar-refractivity contribution < 1.29 is 23.5 Å². The van der Waals surface area contributed by atoms with E-state index in [4.69, 9.17) is 20.8 Å². The fraction of sp³-hybridized carbons (Fsp3) is 0.481. The zero-order valence-electron chi connectivity index (χ0n) is 23.8. The number of fused-ring (bicyclic) bond motifs is 1. The summed E-state index contributed by atoms with van der Waals surface area (Å²) in [5, 5.41) is 25.1. The van der Waals surface area contributed by atoms with Crippen LogP contribution in [0.25, 0.3) is 27.8 Å². The molecule has 4 heterocycles. The molecule has 4 aromatic rings. The van der Waals surface area contributed by atoms with Gasteiger partial charge in [-0.3, -0.25) is 9.88 Å². The third kappa shape index (κ3) is 5.89. The lowest BCUT2D eigenvalue weighted by atomic mass is 10.1. The minimum absolute atomic E-state index is 0.0717. The third-order valence-corrected chi connectivity index (χ3v) is 12.7. The molecular formula is C27H35ClFN7O4Si. The molecule has 11 nitrogen and oxygen atoms in total. The molecule has 0 bridgehead atoms. The maximum Gasteiger partial charge on any atom is 0.409 e. The first kappa shape index (κ1) is 29.2. The summed E-state index contributed by atoms with van der Waals surface area (Å²) < 4.78 is 32.7. The number of benzene rings is 1. The fourth-order valence-electron chi connectivity index (χ4n) is 4.67. The number of rotatable bonds is 8. The number of aromatic nitrogens is 6. The number of carboxylic acid groups (broad SMARTS) is 1. The average Bonchev–Trinajstić information content (AvgIpc) is 3.65. The molecular weight excluding hydrogens is 569 g/mol. The number of nitrogens with one attached hydrogen (secondary N) is 1. The molecule has 14 heteroatoms. The number of amides is 1. The van der Waals surface area contributed by atoms with Gasteiger partial charge in [-0.2, -0.15) is 5.10 Å². The van der Waals surface area contributed by atoms with Crippen LogP contribution in [0.2, 0.25) is 23.2 Å². The summed E-state index contributed by atoms with van der Waals surface area (Å²) in [5.41, 5.74) is 1.43. The van der Waals surface area contributed by atoms with Gasteiger partial charge in [-0.05, 0) is 43.5 Å². The first-order valence-electron chi connectivity index (χ1n) is 13.6. The van der Waals surface area contributed by atoms with Crippen molar-refractivity contribution in [1.29, 1.82) is 0 Å². The van der Waals surface area contributed by atoms with Crippen LogP contribution in [-0.4, -0.2) is 62.1 Å². The lowest BCUT2D eigenvalue weighted by molar-refractivity contribution is -0.0394. The molecule has 1 unspecified atom stereocenters. The van der Waals surface area contributed by atoms with Crippen LogP contribution in [0.15, 0.2) is 30.9 Å². The zero-order valence-corrected chi connectivity index (χ0v) is 25.6. The van der Waals surface area contributed by atoms with E-state index in [1.807, 2.05) is 6.20 Å². The second-order valence-electron chi connectivity index (χ2n) is 11.8. The van der Waals surface area contributed by atoms with E-state index in [0.29, 0.717) is 42.1 Å². The van der Waals surface area contributed by atoms with Crippen molar-refractivity contribution in [2.45, 2.75) is 70.9 Å². The molecule has 0 spiro atoms. The maximum atomic E-state index is 15.7. The van der Waals surface area contributed by atoms with Gasteiger partial charge in [0.25, 0.3) is 0 Å². The lowest BCUT2D eigenvalue weighted by Crippen LogP contribution is -2.41. The second kappa shape index (κ2) is 11.2. The highest BCUT2D eigenvalue weighted by Gasteiger charge is 2.37.